The van der Waals surface area contributed by atoms with E-state index in [1.54, 1.807) is 30.3 Å². The highest BCUT2D eigenvalue weighted by Gasteiger charge is 2.32. The topological polar surface area (TPSA) is 99.8 Å². The highest BCUT2D eigenvalue weighted by molar-refractivity contribution is 7.89. The summed E-state index contributed by atoms with van der Waals surface area (Å²) >= 11 is 17.1. The predicted octanol–water partition coefficient (Wildman–Crippen LogP) is 3.81. The Balaban J connectivity index is 1.48. The number of benzene rings is 2. The zero-order valence-electron chi connectivity index (χ0n) is 17.8. The Bertz CT molecular complexity index is 1110. The maximum absolute atomic E-state index is 12.9. The molecule has 178 valence electrons. The minimum atomic E-state index is -3.63. The maximum Gasteiger partial charge on any atom is 0.243 e. The second-order valence-electron chi connectivity index (χ2n) is 7.28. The number of hydrogen-bond acceptors (Lipinski definition) is 5. The molecule has 3 N–H and O–H groups in total. The van der Waals surface area contributed by atoms with Crippen LogP contribution < -0.4 is 20.9 Å². The number of sulfonamides is 1. The molecule has 0 radical (unpaired) electrons. The van der Waals surface area contributed by atoms with Gasteiger partial charge in [-0.05, 0) is 74.4 Å². The molecule has 0 unspecified atom stereocenters. The van der Waals surface area contributed by atoms with Crippen molar-refractivity contribution in [1.29, 1.82) is 0 Å². The number of hydrogen-bond donors (Lipinski definition) is 3. The first kappa shape index (κ1) is 25.5. The number of ether oxygens (including phenoxy) is 1. The van der Waals surface area contributed by atoms with Gasteiger partial charge in [-0.25, -0.2) is 8.42 Å². The van der Waals surface area contributed by atoms with Crippen LogP contribution in [0.4, 0.5) is 5.69 Å². The second-order valence-corrected chi connectivity index (χ2v) is 10.5. The molecule has 1 amide bonds. The number of rotatable bonds is 6. The Hall–Kier alpha value is -2.11. The highest BCUT2D eigenvalue weighted by Crippen LogP contribution is 2.26. The van der Waals surface area contributed by atoms with Crippen molar-refractivity contribution in [1.82, 2.24) is 15.2 Å². The first-order valence-corrected chi connectivity index (χ1v) is 12.9. The predicted molar refractivity (Wildman–Crippen MR) is 133 cm³/mol. The highest BCUT2D eigenvalue weighted by atomic mass is 35.5. The largest absolute Gasteiger partial charge is 0.494 e. The van der Waals surface area contributed by atoms with Crippen LogP contribution in [0.5, 0.6) is 5.75 Å². The Morgan fingerprint density at radius 3 is 2.39 bits per heavy atom. The van der Waals surface area contributed by atoms with Crippen molar-refractivity contribution in [3.63, 3.8) is 0 Å². The van der Waals surface area contributed by atoms with E-state index in [2.05, 4.69) is 16.2 Å². The Morgan fingerprint density at radius 2 is 1.79 bits per heavy atom. The van der Waals surface area contributed by atoms with E-state index in [1.807, 2.05) is 6.92 Å². The van der Waals surface area contributed by atoms with Crippen molar-refractivity contribution in [2.45, 2.75) is 24.7 Å². The Labute approximate surface area is 208 Å². The standard InChI is InChI=1S/C21H24Cl2N4O4S2/c1-2-31-16-4-6-17(7-5-16)33(29,30)27-11-9-14(10-12-27)20(28)25-26-21(32)24-19-8-3-15(22)13-18(19)23/h3-8,13-14H,2,9-12H2,1H3,(H,25,28)(H2,24,26,32). The third-order valence-electron chi connectivity index (χ3n) is 5.08. The van der Waals surface area contributed by atoms with Gasteiger partial charge in [0.25, 0.3) is 0 Å². The van der Waals surface area contributed by atoms with Crippen LogP contribution >= 0.6 is 35.4 Å². The number of thiocarbonyl (C=S) groups is 1. The van der Waals surface area contributed by atoms with E-state index >= 15 is 0 Å². The zero-order chi connectivity index (χ0) is 24.0. The third-order valence-corrected chi connectivity index (χ3v) is 7.74. The summed E-state index contributed by atoms with van der Waals surface area (Å²) in [5.41, 5.74) is 5.74. The number of nitrogens with one attached hydrogen (secondary N) is 3. The van der Waals surface area contributed by atoms with Crippen molar-refractivity contribution in [2.75, 3.05) is 25.0 Å². The smallest absolute Gasteiger partial charge is 0.243 e. The molecule has 1 heterocycles. The average Bonchev–Trinajstić information content (AvgIpc) is 2.80. The first-order valence-electron chi connectivity index (χ1n) is 10.3. The van der Waals surface area contributed by atoms with Gasteiger partial charge in [0.1, 0.15) is 5.75 Å². The van der Waals surface area contributed by atoms with Crippen molar-refractivity contribution < 1.29 is 17.9 Å². The maximum atomic E-state index is 12.9. The molecular formula is C21H24Cl2N4O4S2. The molecule has 0 bridgehead atoms. The summed E-state index contributed by atoms with van der Waals surface area (Å²) in [6, 6.07) is 11.2. The lowest BCUT2D eigenvalue weighted by molar-refractivity contribution is -0.126. The van der Waals surface area contributed by atoms with E-state index < -0.39 is 10.0 Å². The summed E-state index contributed by atoms with van der Waals surface area (Å²) in [6.07, 6.45) is 0.792. The summed E-state index contributed by atoms with van der Waals surface area (Å²) < 4.78 is 32.6. The number of anilines is 1. The van der Waals surface area contributed by atoms with Gasteiger partial charge in [0.15, 0.2) is 5.11 Å². The zero-order valence-corrected chi connectivity index (χ0v) is 21.0. The number of carbonyl (C=O) groups excluding carboxylic acids is 1. The van der Waals surface area contributed by atoms with Crippen LogP contribution in [0.3, 0.4) is 0 Å². The lowest BCUT2D eigenvalue weighted by Gasteiger charge is -2.30. The number of hydrazine groups is 1. The van der Waals surface area contributed by atoms with Crippen LogP contribution in [-0.2, 0) is 14.8 Å². The summed E-state index contributed by atoms with van der Waals surface area (Å²) in [5.74, 6) is 0.00994. The average molecular weight is 531 g/mol. The summed E-state index contributed by atoms with van der Waals surface area (Å²) in [6.45, 7) is 2.86. The van der Waals surface area contributed by atoms with E-state index in [9.17, 15) is 13.2 Å². The summed E-state index contributed by atoms with van der Waals surface area (Å²) in [7, 11) is -3.63. The van der Waals surface area contributed by atoms with Crippen LogP contribution in [-0.4, -0.2) is 43.4 Å². The van der Waals surface area contributed by atoms with Crippen LogP contribution in [0.15, 0.2) is 47.4 Å². The molecule has 0 atom stereocenters. The van der Waals surface area contributed by atoms with E-state index in [1.165, 1.54) is 16.4 Å². The normalized spacial score (nSPS) is 15.0. The minimum absolute atomic E-state index is 0.156. The number of piperidine rings is 1. The molecule has 0 aromatic heterocycles. The van der Waals surface area contributed by atoms with Gasteiger partial charge in [0.2, 0.25) is 15.9 Å². The second kappa shape index (κ2) is 11.3. The molecular weight excluding hydrogens is 507 g/mol. The molecule has 1 saturated heterocycles. The fourth-order valence-corrected chi connectivity index (χ4v) is 5.43. The summed E-state index contributed by atoms with van der Waals surface area (Å²) in [5, 5.41) is 3.91. The van der Waals surface area contributed by atoms with Gasteiger partial charge < -0.3 is 10.1 Å². The lowest BCUT2D eigenvalue weighted by Crippen LogP contribution is -2.49. The first-order chi connectivity index (χ1) is 15.7. The Morgan fingerprint density at radius 1 is 1.12 bits per heavy atom. The molecule has 1 fully saturated rings. The lowest BCUT2D eigenvalue weighted by atomic mass is 9.98. The van der Waals surface area contributed by atoms with Gasteiger partial charge in [0, 0.05) is 24.0 Å². The number of carbonyl (C=O) groups is 1. The van der Waals surface area contributed by atoms with Crippen molar-refractivity contribution >= 4 is 62.2 Å². The molecule has 1 aliphatic heterocycles. The monoisotopic (exact) mass is 530 g/mol. The van der Waals surface area contributed by atoms with E-state index in [-0.39, 0.29) is 34.9 Å². The third kappa shape index (κ3) is 6.70. The molecule has 12 heteroatoms. The van der Waals surface area contributed by atoms with E-state index in [0.29, 0.717) is 40.9 Å². The van der Waals surface area contributed by atoms with Gasteiger partial charge in [-0.2, -0.15) is 4.31 Å². The summed E-state index contributed by atoms with van der Waals surface area (Å²) in [4.78, 5) is 12.7. The molecule has 0 spiro atoms. The van der Waals surface area contributed by atoms with Crippen molar-refractivity contribution in [2.24, 2.45) is 5.92 Å². The van der Waals surface area contributed by atoms with Gasteiger partial charge >= 0.3 is 0 Å². The number of halogens is 2. The number of amides is 1. The molecule has 33 heavy (non-hydrogen) atoms. The molecule has 1 aliphatic rings. The quantitative estimate of drug-likeness (QED) is 0.385. The SMILES string of the molecule is CCOc1ccc(S(=O)(=O)N2CCC(C(=O)NNC(=S)Nc3ccc(Cl)cc3Cl)CC2)cc1. The van der Waals surface area contributed by atoms with Gasteiger partial charge in [-0.15, -0.1) is 0 Å². The van der Waals surface area contributed by atoms with Crippen LogP contribution in [0, 0.1) is 5.92 Å². The Kier molecular flexibility index (Phi) is 8.77. The molecule has 0 aliphatic carbocycles. The van der Waals surface area contributed by atoms with E-state index in [4.69, 9.17) is 40.2 Å². The van der Waals surface area contributed by atoms with Gasteiger partial charge in [0.05, 0.1) is 22.2 Å². The van der Waals surface area contributed by atoms with Crippen molar-refractivity contribution in [3.05, 3.63) is 52.5 Å². The number of nitrogens with zero attached hydrogens (tertiary/aromatic N) is 1. The molecule has 8 nitrogen and oxygen atoms in total. The molecule has 0 saturated carbocycles. The molecule has 3 rings (SSSR count). The van der Waals surface area contributed by atoms with Gasteiger partial charge in [-0.1, -0.05) is 23.2 Å². The van der Waals surface area contributed by atoms with Crippen LogP contribution in [0.25, 0.3) is 0 Å². The van der Waals surface area contributed by atoms with Crippen molar-refractivity contribution in [3.8, 4) is 5.75 Å². The van der Waals surface area contributed by atoms with E-state index in [0.717, 1.165) is 0 Å². The van der Waals surface area contributed by atoms with Crippen LogP contribution in [0.1, 0.15) is 19.8 Å². The van der Waals surface area contributed by atoms with Gasteiger partial charge in [-0.3, -0.25) is 15.6 Å². The van der Waals surface area contributed by atoms with Crippen LogP contribution in [0.2, 0.25) is 10.0 Å². The molecule has 2 aromatic rings. The fourth-order valence-electron chi connectivity index (χ4n) is 3.35. The minimum Gasteiger partial charge on any atom is -0.494 e. The molecule has 2 aromatic carbocycles. The fraction of sp³-hybridized carbons (Fsp3) is 0.333.